The number of benzene rings is 1. The fourth-order valence-corrected chi connectivity index (χ4v) is 6.00. The molecule has 2 fully saturated rings. The second kappa shape index (κ2) is 8.92. The number of aromatic nitrogens is 4. The van der Waals surface area contributed by atoms with Gasteiger partial charge >= 0.3 is 0 Å². The summed E-state index contributed by atoms with van der Waals surface area (Å²) in [6.45, 7) is 2.76. The fraction of sp³-hybridized carbons (Fsp3) is 0.346. The summed E-state index contributed by atoms with van der Waals surface area (Å²) in [4.78, 5) is 14.8. The van der Waals surface area contributed by atoms with E-state index in [1.165, 1.54) is 22.5 Å². The number of aryl methyl sites for hydroxylation is 1. The molecule has 7 nitrogen and oxygen atoms in total. The van der Waals surface area contributed by atoms with Crippen LogP contribution in [0.15, 0.2) is 42.7 Å². The topological polar surface area (TPSA) is 96.1 Å². The Labute approximate surface area is 211 Å². The van der Waals surface area contributed by atoms with Crippen LogP contribution in [0.4, 0.5) is 5.82 Å². The zero-order valence-electron chi connectivity index (χ0n) is 19.0. The van der Waals surface area contributed by atoms with Gasteiger partial charge in [0.1, 0.15) is 6.10 Å². The van der Waals surface area contributed by atoms with Crippen molar-refractivity contribution in [3.05, 3.63) is 68.9 Å². The first-order valence-corrected chi connectivity index (χ1v) is 12.8. The first-order valence-electron chi connectivity index (χ1n) is 11.7. The molecule has 2 aliphatic carbocycles. The Balaban J connectivity index is 1.35. The summed E-state index contributed by atoms with van der Waals surface area (Å²) in [7, 11) is 0. The van der Waals surface area contributed by atoms with Crippen molar-refractivity contribution in [3.63, 3.8) is 0 Å². The average Bonchev–Trinajstić information content (AvgIpc) is 3.20. The number of thiophene rings is 1. The fourth-order valence-electron chi connectivity index (χ4n) is 5.11. The molecular weight excluding hydrogens is 482 g/mol. The molecule has 0 bridgehead atoms. The minimum absolute atomic E-state index is 0.143. The predicted octanol–water partition coefficient (Wildman–Crippen LogP) is 3.82. The molecule has 0 radical (unpaired) electrons. The maximum Gasteiger partial charge on any atom is 0.209 e. The van der Waals surface area contributed by atoms with E-state index in [9.17, 15) is 10.2 Å². The molecule has 2 aliphatic rings. The Morgan fingerprint density at radius 2 is 2.03 bits per heavy atom. The molecule has 35 heavy (non-hydrogen) atoms. The van der Waals surface area contributed by atoms with Crippen molar-refractivity contribution < 1.29 is 10.2 Å². The van der Waals surface area contributed by atoms with Crippen molar-refractivity contribution in [3.8, 4) is 11.8 Å². The van der Waals surface area contributed by atoms with Crippen molar-refractivity contribution >= 4 is 39.9 Å². The van der Waals surface area contributed by atoms with Crippen LogP contribution in [-0.2, 0) is 6.42 Å². The minimum atomic E-state index is -0.841. The molecule has 9 heteroatoms. The summed E-state index contributed by atoms with van der Waals surface area (Å²) in [6.07, 6.45) is 1.88. The van der Waals surface area contributed by atoms with Gasteiger partial charge in [0, 0.05) is 6.54 Å². The van der Waals surface area contributed by atoms with Crippen LogP contribution in [0.3, 0.4) is 0 Å². The van der Waals surface area contributed by atoms with Crippen LogP contribution in [0, 0.1) is 30.6 Å². The Morgan fingerprint density at radius 3 is 2.77 bits per heavy atom. The lowest BCUT2D eigenvalue weighted by atomic mass is 10.1. The summed E-state index contributed by atoms with van der Waals surface area (Å²) in [6, 6.07) is 11.9. The van der Waals surface area contributed by atoms with Crippen molar-refractivity contribution in [1.29, 1.82) is 0 Å². The summed E-state index contributed by atoms with van der Waals surface area (Å²) >= 11 is 7.44. The van der Waals surface area contributed by atoms with Gasteiger partial charge in [0.05, 0.1) is 27.7 Å². The zero-order valence-corrected chi connectivity index (χ0v) is 20.6. The Morgan fingerprint density at radius 1 is 1.14 bits per heavy atom. The van der Waals surface area contributed by atoms with Gasteiger partial charge in [-0.15, -0.1) is 11.3 Å². The second-order valence-electron chi connectivity index (χ2n) is 9.27. The molecule has 5 atom stereocenters. The van der Waals surface area contributed by atoms with Crippen molar-refractivity contribution in [2.45, 2.75) is 38.0 Å². The van der Waals surface area contributed by atoms with Gasteiger partial charge in [0.2, 0.25) is 5.82 Å². The first kappa shape index (κ1) is 22.5. The molecule has 6 rings (SSSR count). The van der Waals surface area contributed by atoms with Crippen LogP contribution in [0.25, 0.3) is 11.2 Å². The van der Waals surface area contributed by atoms with Gasteiger partial charge in [-0.1, -0.05) is 41.4 Å². The lowest BCUT2D eigenvalue weighted by Crippen LogP contribution is -2.31. The predicted molar refractivity (Wildman–Crippen MR) is 137 cm³/mol. The third-order valence-electron chi connectivity index (χ3n) is 6.87. The number of anilines is 1. The van der Waals surface area contributed by atoms with Gasteiger partial charge in [0.25, 0.3) is 0 Å². The quantitative estimate of drug-likeness (QED) is 0.357. The third kappa shape index (κ3) is 4.30. The van der Waals surface area contributed by atoms with Gasteiger partial charge in [-0.2, -0.15) is 0 Å². The van der Waals surface area contributed by atoms with Crippen LogP contribution < -0.4 is 5.32 Å². The summed E-state index contributed by atoms with van der Waals surface area (Å²) in [5.41, 5.74) is 3.71. The van der Waals surface area contributed by atoms with Gasteiger partial charge in [-0.25, -0.2) is 15.0 Å². The SMILES string of the molecule is Cc1cccc(CCNc2nc(C#Cc3ccc(Cl)s3)nc3c2ncn3[C@H]2[C@H](O)[C@H](O)[C@@H]3C[C@@H]32)c1. The number of aliphatic hydroxyl groups excluding tert-OH is 2. The number of fused-ring (bicyclic) bond motifs is 2. The summed E-state index contributed by atoms with van der Waals surface area (Å²) < 4.78 is 2.57. The summed E-state index contributed by atoms with van der Waals surface area (Å²) in [5, 5.41) is 24.4. The molecule has 4 aromatic rings. The van der Waals surface area contributed by atoms with E-state index in [0.29, 0.717) is 33.7 Å². The van der Waals surface area contributed by atoms with Gasteiger partial charge < -0.3 is 20.1 Å². The van der Waals surface area contributed by atoms with E-state index in [4.69, 9.17) is 16.6 Å². The highest BCUT2D eigenvalue weighted by Crippen LogP contribution is 2.57. The van der Waals surface area contributed by atoms with Crippen LogP contribution in [-0.4, -0.2) is 48.5 Å². The molecule has 178 valence electrons. The lowest BCUT2D eigenvalue weighted by molar-refractivity contribution is 0.00386. The number of halogens is 1. The van der Waals surface area contributed by atoms with E-state index in [-0.39, 0.29) is 17.9 Å². The van der Waals surface area contributed by atoms with E-state index in [1.54, 1.807) is 6.33 Å². The maximum absolute atomic E-state index is 10.7. The largest absolute Gasteiger partial charge is 0.390 e. The smallest absolute Gasteiger partial charge is 0.209 e. The molecule has 0 aliphatic heterocycles. The van der Waals surface area contributed by atoms with Crippen molar-refractivity contribution in [2.75, 3.05) is 11.9 Å². The highest BCUT2D eigenvalue weighted by molar-refractivity contribution is 7.16. The highest BCUT2D eigenvalue weighted by atomic mass is 35.5. The molecule has 3 N–H and O–H groups in total. The van der Waals surface area contributed by atoms with E-state index >= 15 is 0 Å². The Hall–Kier alpha value is -2.96. The summed E-state index contributed by atoms with van der Waals surface area (Å²) in [5.74, 6) is 7.49. The normalized spacial score (nSPS) is 24.7. The van der Waals surface area contributed by atoms with Crippen LogP contribution in [0.2, 0.25) is 4.34 Å². The molecule has 0 spiro atoms. The minimum Gasteiger partial charge on any atom is -0.390 e. The van der Waals surface area contributed by atoms with Gasteiger partial charge in [-0.05, 0) is 61.1 Å². The number of rotatable bonds is 5. The lowest BCUT2D eigenvalue weighted by Gasteiger charge is -2.22. The van der Waals surface area contributed by atoms with Gasteiger partial charge in [-0.3, -0.25) is 0 Å². The molecule has 1 aromatic carbocycles. The number of aliphatic hydroxyl groups is 2. The molecular formula is C26H24ClN5O2S. The van der Waals surface area contributed by atoms with Gasteiger partial charge in [0.15, 0.2) is 17.0 Å². The zero-order chi connectivity index (χ0) is 24.1. The number of imidazole rings is 1. The number of hydrogen-bond acceptors (Lipinski definition) is 7. The molecule has 0 amide bonds. The molecule has 2 saturated carbocycles. The first-order chi connectivity index (χ1) is 17.0. The number of nitrogens with one attached hydrogen (secondary N) is 1. The van der Waals surface area contributed by atoms with Crippen molar-refractivity contribution in [1.82, 2.24) is 19.5 Å². The average molecular weight is 506 g/mol. The third-order valence-corrected chi connectivity index (χ3v) is 8.02. The van der Waals surface area contributed by atoms with E-state index in [0.717, 1.165) is 17.7 Å². The Kier molecular flexibility index (Phi) is 5.73. The molecule has 0 saturated heterocycles. The van der Waals surface area contributed by atoms with Crippen LogP contribution >= 0.6 is 22.9 Å². The maximum atomic E-state index is 10.7. The number of hydrogen-bond donors (Lipinski definition) is 3. The molecule has 3 heterocycles. The molecule has 3 aromatic heterocycles. The molecule has 0 unspecified atom stereocenters. The van der Waals surface area contributed by atoms with Crippen LogP contribution in [0.1, 0.15) is 34.3 Å². The Bertz CT molecular complexity index is 1470. The standard InChI is InChI=1S/C26H24ClN5O2S/c1-14-3-2-4-15(11-14)9-10-28-25-21-26(31-20(30-25)8-6-16-5-7-19(27)35-16)32(13-29-21)22-17-12-18(17)23(33)24(22)34/h2-5,7,11,13,17-18,22-24,33-34H,9-10,12H2,1H3,(H,28,30,31)/t17-,18+,22+,23+,24-/m0/s1. The highest BCUT2D eigenvalue weighted by Gasteiger charge is 2.60. The van der Waals surface area contributed by atoms with E-state index in [2.05, 4.69) is 58.3 Å². The second-order valence-corrected chi connectivity index (χ2v) is 11.0. The van der Waals surface area contributed by atoms with Crippen LogP contribution in [0.5, 0.6) is 0 Å². The van der Waals surface area contributed by atoms with E-state index < -0.39 is 12.2 Å². The van der Waals surface area contributed by atoms with Crippen molar-refractivity contribution in [2.24, 2.45) is 11.8 Å². The monoisotopic (exact) mass is 505 g/mol. The number of nitrogens with zero attached hydrogens (tertiary/aromatic N) is 4. The van der Waals surface area contributed by atoms with E-state index in [1.807, 2.05) is 16.7 Å².